The van der Waals surface area contributed by atoms with E-state index in [0.717, 1.165) is 38.3 Å². The number of hydrogen-bond acceptors (Lipinski definition) is 6. The van der Waals surface area contributed by atoms with Crippen LogP contribution in [-0.2, 0) is 4.74 Å². The van der Waals surface area contributed by atoms with Crippen molar-refractivity contribution in [2.45, 2.75) is 24.9 Å². The fraction of sp³-hybridized carbons (Fsp3) is 0.476. The molecule has 1 unspecified atom stereocenters. The molecule has 1 N–H and O–H groups in total. The fourth-order valence-electron chi connectivity index (χ4n) is 3.85. The molecule has 2 aliphatic heterocycles. The van der Waals surface area contributed by atoms with Crippen LogP contribution < -0.4 is 10.2 Å². The molecule has 4 rings (SSSR count). The molecule has 0 aliphatic carbocycles. The topological polar surface area (TPSA) is 70.6 Å². The molecular weight excluding hydrogens is 354 g/mol. The predicted octanol–water partition coefficient (Wildman–Crippen LogP) is 1.88. The molecular formula is C21H27N5O2. The number of piperazine rings is 1. The van der Waals surface area contributed by atoms with E-state index in [2.05, 4.69) is 56.6 Å². The van der Waals surface area contributed by atoms with Gasteiger partial charge < -0.3 is 19.9 Å². The van der Waals surface area contributed by atoms with Gasteiger partial charge in [0.1, 0.15) is 0 Å². The minimum absolute atomic E-state index is 0.155. The van der Waals surface area contributed by atoms with Crippen LogP contribution in [0, 0.1) is 0 Å². The lowest BCUT2D eigenvalue weighted by atomic mass is 10.0. The molecule has 2 aromatic rings. The van der Waals surface area contributed by atoms with E-state index in [0.29, 0.717) is 18.9 Å². The number of carbonyl (C=O) groups excluding carboxylic acids is 1. The molecule has 1 amide bonds. The highest BCUT2D eigenvalue weighted by atomic mass is 16.5. The van der Waals surface area contributed by atoms with Gasteiger partial charge >= 0.3 is 0 Å². The van der Waals surface area contributed by atoms with E-state index in [1.54, 1.807) is 6.07 Å². The number of carbonyl (C=O) groups is 1. The Morgan fingerprint density at radius 2 is 1.86 bits per heavy atom. The predicted molar refractivity (Wildman–Crippen MR) is 107 cm³/mol. The van der Waals surface area contributed by atoms with Gasteiger partial charge in [0.15, 0.2) is 11.5 Å². The van der Waals surface area contributed by atoms with Crippen LogP contribution in [-0.4, -0.2) is 66.9 Å². The van der Waals surface area contributed by atoms with Crippen LogP contribution in [0.5, 0.6) is 0 Å². The SMILES string of the molecule is CN1CCN(c2ccc(C(=O)NC3CCOCC3)nn2)C(c2ccccc2)C1. The number of rotatable bonds is 4. The van der Waals surface area contributed by atoms with Crippen molar-refractivity contribution in [3.63, 3.8) is 0 Å². The molecule has 28 heavy (non-hydrogen) atoms. The van der Waals surface area contributed by atoms with Crippen molar-refractivity contribution in [2.24, 2.45) is 0 Å². The molecule has 0 bridgehead atoms. The van der Waals surface area contributed by atoms with E-state index < -0.39 is 0 Å². The Labute approximate surface area is 165 Å². The molecule has 148 valence electrons. The molecule has 7 heteroatoms. The summed E-state index contributed by atoms with van der Waals surface area (Å²) in [4.78, 5) is 17.1. The Bertz CT molecular complexity index is 777. The number of nitrogens with zero attached hydrogens (tertiary/aromatic N) is 4. The van der Waals surface area contributed by atoms with E-state index in [4.69, 9.17) is 4.74 Å². The first-order valence-corrected chi connectivity index (χ1v) is 9.93. The van der Waals surface area contributed by atoms with Crippen molar-refractivity contribution >= 4 is 11.7 Å². The number of aromatic nitrogens is 2. The van der Waals surface area contributed by atoms with Crippen LogP contribution in [0.4, 0.5) is 5.82 Å². The summed E-state index contributed by atoms with van der Waals surface area (Å²) in [5, 5.41) is 11.6. The van der Waals surface area contributed by atoms with Crippen molar-refractivity contribution in [2.75, 3.05) is 44.8 Å². The second kappa shape index (κ2) is 8.67. The van der Waals surface area contributed by atoms with Crippen LogP contribution in [0.15, 0.2) is 42.5 Å². The maximum Gasteiger partial charge on any atom is 0.272 e. The maximum absolute atomic E-state index is 12.5. The van der Waals surface area contributed by atoms with Gasteiger partial charge in [-0.2, -0.15) is 0 Å². The lowest BCUT2D eigenvalue weighted by molar-refractivity contribution is 0.0693. The third kappa shape index (κ3) is 4.31. The third-order valence-corrected chi connectivity index (χ3v) is 5.50. The standard InChI is InChI=1S/C21H27N5O2/c1-25-11-12-26(19(15-25)16-5-3-2-4-6-16)20-8-7-18(23-24-20)21(27)22-17-9-13-28-14-10-17/h2-8,17,19H,9-15H2,1H3,(H,22,27). The van der Waals surface area contributed by atoms with E-state index in [1.165, 1.54) is 5.56 Å². The Balaban J connectivity index is 1.48. The van der Waals surface area contributed by atoms with Gasteiger partial charge in [0.05, 0.1) is 6.04 Å². The lowest BCUT2D eigenvalue weighted by Crippen LogP contribution is -2.47. The highest BCUT2D eigenvalue weighted by Gasteiger charge is 2.28. The van der Waals surface area contributed by atoms with Gasteiger partial charge in [-0.25, -0.2) is 0 Å². The van der Waals surface area contributed by atoms with Gasteiger partial charge in [-0.05, 0) is 37.6 Å². The van der Waals surface area contributed by atoms with Gasteiger partial charge in [-0.15, -0.1) is 10.2 Å². The molecule has 1 aromatic carbocycles. The summed E-state index contributed by atoms with van der Waals surface area (Å²) in [5.74, 6) is 0.647. The number of hydrogen-bond donors (Lipinski definition) is 1. The van der Waals surface area contributed by atoms with Crippen molar-refractivity contribution in [3.05, 3.63) is 53.7 Å². The third-order valence-electron chi connectivity index (χ3n) is 5.50. The molecule has 2 aliphatic rings. The Kier molecular flexibility index (Phi) is 5.83. The molecule has 0 saturated carbocycles. The number of amides is 1. The number of anilines is 1. The van der Waals surface area contributed by atoms with E-state index in [1.807, 2.05) is 12.1 Å². The number of ether oxygens (including phenoxy) is 1. The van der Waals surface area contributed by atoms with Crippen molar-refractivity contribution < 1.29 is 9.53 Å². The zero-order valence-corrected chi connectivity index (χ0v) is 16.3. The normalized spacial score (nSPS) is 21.5. The van der Waals surface area contributed by atoms with Crippen LogP contribution >= 0.6 is 0 Å². The highest BCUT2D eigenvalue weighted by Crippen LogP contribution is 2.28. The molecule has 7 nitrogen and oxygen atoms in total. The molecule has 1 atom stereocenters. The zero-order chi connectivity index (χ0) is 19.3. The summed E-state index contributed by atoms with van der Waals surface area (Å²) in [5.41, 5.74) is 1.62. The summed E-state index contributed by atoms with van der Waals surface area (Å²) >= 11 is 0. The second-order valence-corrected chi connectivity index (χ2v) is 7.52. The summed E-state index contributed by atoms with van der Waals surface area (Å²) < 4.78 is 5.34. The quantitative estimate of drug-likeness (QED) is 0.872. The Hall–Kier alpha value is -2.51. The van der Waals surface area contributed by atoms with Crippen molar-refractivity contribution in [1.29, 1.82) is 0 Å². The van der Waals surface area contributed by atoms with E-state index >= 15 is 0 Å². The summed E-state index contributed by atoms with van der Waals surface area (Å²) in [7, 11) is 2.14. The zero-order valence-electron chi connectivity index (χ0n) is 16.3. The Morgan fingerprint density at radius 3 is 2.57 bits per heavy atom. The van der Waals surface area contributed by atoms with E-state index in [9.17, 15) is 4.79 Å². The van der Waals surface area contributed by atoms with Crippen LogP contribution in [0.25, 0.3) is 0 Å². The minimum atomic E-state index is -0.163. The fourth-order valence-corrected chi connectivity index (χ4v) is 3.85. The summed E-state index contributed by atoms with van der Waals surface area (Å²) in [6.45, 7) is 4.16. The molecule has 0 spiro atoms. The van der Waals surface area contributed by atoms with Crippen LogP contribution in [0.3, 0.4) is 0 Å². The van der Waals surface area contributed by atoms with Gasteiger partial charge in [0.25, 0.3) is 5.91 Å². The average Bonchev–Trinajstić information content (AvgIpc) is 2.75. The number of benzene rings is 1. The van der Waals surface area contributed by atoms with Gasteiger partial charge in [-0.1, -0.05) is 30.3 Å². The molecule has 2 saturated heterocycles. The first-order valence-electron chi connectivity index (χ1n) is 9.93. The molecule has 2 fully saturated rings. The summed E-state index contributed by atoms with van der Waals surface area (Å²) in [6.07, 6.45) is 1.69. The van der Waals surface area contributed by atoms with E-state index in [-0.39, 0.29) is 18.0 Å². The van der Waals surface area contributed by atoms with Crippen molar-refractivity contribution in [1.82, 2.24) is 20.4 Å². The summed E-state index contributed by atoms with van der Waals surface area (Å²) in [6, 6.07) is 14.5. The highest BCUT2D eigenvalue weighted by molar-refractivity contribution is 5.92. The second-order valence-electron chi connectivity index (χ2n) is 7.52. The molecule has 1 aromatic heterocycles. The van der Waals surface area contributed by atoms with Crippen LogP contribution in [0.2, 0.25) is 0 Å². The molecule has 0 radical (unpaired) electrons. The van der Waals surface area contributed by atoms with Gasteiger partial charge in [0, 0.05) is 38.9 Å². The smallest absolute Gasteiger partial charge is 0.272 e. The maximum atomic E-state index is 12.5. The number of nitrogens with one attached hydrogen (secondary N) is 1. The van der Waals surface area contributed by atoms with Gasteiger partial charge in [0.2, 0.25) is 0 Å². The first kappa shape index (κ1) is 18.8. The first-order chi connectivity index (χ1) is 13.7. The molecule has 3 heterocycles. The monoisotopic (exact) mass is 381 g/mol. The lowest BCUT2D eigenvalue weighted by Gasteiger charge is -2.40. The number of likely N-dealkylation sites (N-methyl/N-ethyl adjacent to an activating group) is 1. The Morgan fingerprint density at radius 1 is 1.07 bits per heavy atom. The largest absolute Gasteiger partial charge is 0.381 e. The van der Waals surface area contributed by atoms with Gasteiger partial charge in [-0.3, -0.25) is 4.79 Å². The minimum Gasteiger partial charge on any atom is -0.381 e. The van der Waals surface area contributed by atoms with Crippen LogP contribution in [0.1, 0.15) is 34.9 Å². The average molecular weight is 381 g/mol. The van der Waals surface area contributed by atoms with Crippen molar-refractivity contribution in [3.8, 4) is 0 Å².